The number of halogens is 4. The van der Waals surface area contributed by atoms with Gasteiger partial charge in [-0.15, -0.1) is 12.4 Å². The van der Waals surface area contributed by atoms with Crippen molar-refractivity contribution < 1.29 is 13.5 Å². The highest BCUT2D eigenvalue weighted by Crippen LogP contribution is 2.25. The van der Waals surface area contributed by atoms with E-state index in [9.17, 15) is 8.78 Å². The maximum atomic E-state index is 14.1. The standard InChI is InChI=1S/C14H15BrF2N4O.ClH/c1-3-22-8-4-10(16)9(11(17)5-8)6-21-7(2)12(15)13(20-21)14(18)19;/h4-5H,3,6H2,1-2H3,(H3,18,19);1H. The van der Waals surface area contributed by atoms with Crippen LogP contribution in [0.25, 0.3) is 0 Å². The molecule has 9 heteroatoms. The zero-order valence-electron chi connectivity index (χ0n) is 12.5. The second kappa shape index (κ2) is 7.74. The number of hydrogen-bond donors (Lipinski definition) is 2. The lowest BCUT2D eigenvalue weighted by Gasteiger charge is -2.10. The molecule has 0 unspecified atom stereocenters. The molecule has 23 heavy (non-hydrogen) atoms. The van der Waals surface area contributed by atoms with Gasteiger partial charge in [-0.2, -0.15) is 5.10 Å². The number of nitrogens with two attached hydrogens (primary N) is 1. The molecule has 0 aliphatic rings. The molecule has 0 radical (unpaired) electrons. The Morgan fingerprint density at radius 3 is 2.39 bits per heavy atom. The molecule has 2 aromatic rings. The van der Waals surface area contributed by atoms with Gasteiger partial charge in [0.2, 0.25) is 0 Å². The van der Waals surface area contributed by atoms with E-state index in [0.717, 1.165) is 12.1 Å². The van der Waals surface area contributed by atoms with Crippen molar-refractivity contribution >= 4 is 34.2 Å². The molecule has 0 amide bonds. The molecule has 2 rings (SSSR count). The fourth-order valence-corrected chi connectivity index (χ4v) is 2.48. The number of hydrogen-bond acceptors (Lipinski definition) is 3. The Morgan fingerprint density at radius 2 is 1.96 bits per heavy atom. The average molecular weight is 410 g/mol. The second-order valence-corrected chi connectivity index (χ2v) is 5.41. The highest BCUT2D eigenvalue weighted by Gasteiger charge is 2.18. The number of ether oxygens (including phenoxy) is 1. The Bertz CT molecular complexity index is 713. The fraction of sp³-hybridized carbons (Fsp3) is 0.286. The maximum Gasteiger partial charge on any atom is 0.144 e. The minimum Gasteiger partial charge on any atom is -0.494 e. The van der Waals surface area contributed by atoms with Crippen molar-refractivity contribution in [1.82, 2.24) is 9.78 Å². The SMILES string of the molecule is CCOc1cc(F)c(Cn2nc(C(=N)N)c(Br)c2C)c(F)c1.Cl. The predicted molar refractivity (Wildman–Crippen MR) is 89.6 cm³/mol. The molecule has 1 aromatic carbocycles. The van der Waals surface area contributed by atoms with Gasteiger partial charge in [-0.25, -0.2) is 8.78 Å². The first-order valence-corrected chi connectivity index (χ1v) is 7.32. The summed E-state index contributed by atoms with van der Waals surface area (Å²) in [7, 11) is 0. The van der Waals surface area contributed by atoms with Crippen LogP contribution in [0.3, 0.4) is 0 Å². The van der Waals surface area contributed by atoms with Crippen LogP contribution in [0.4, 0.5) is 8.78 Å². The molecule has 0 atom stereocenters. The van der Waals surface area contributed by atoms with Crippen LogP contribution in [0.1, 0.15) is 23.9 Å². The zero-order chi connectivity index (χ0) is 16.4. The molecule has 0 aliphatic carbocycles. The summed E-state index contributed by atoms with van der Waals surface area (Å²) in [5, 5.41) is 11.5. The smallest absolute Gasteiger partial charge is 0.144 e. The van der Waals surface area contributed by atoms with Gasteiger partial charge < -0.3 is 10.5 Å². The van der Waals surface area contributed by atoms with Gasteiger partial charge in [-0.3, -0.25) is 10.1 Å². The summed E-state index contributed by atoms with van der Waals surface area (Å²) in [6, 6.07) is 2.28. The van der Waals surface area contributed by atoms with E-state index < -0.39 is 11.6 Å². The van der Waals surface area contributed by atoms with Crippen molar-refractivity contribution in [3.8, 4) is 5.75 Å². The molecule has 0 aliphatic heterocycles. The minimum absolute atomic E-state index is 0. The minimum atomic E-state index is -0.709. The number of nitrogens with one attached hydrogen (secondary N) is 1. The summed E-state index contributed by atoms with van der Waals surface area (Å²) in [5.74, 6) is -1.50. The first-order valence-electron chi connectivity index (χ1n) is 6.53. The highest BCUT2D eigenvalue weighted by atomic mass is 79.9. The van der Waals surface area contributed by atoms with E-state index in [0.29, 0.717) is 16.8 Å². The number of benzene rings is 1. The molecule has 1 aromatic heterocycles. The van der Waals surface area contributed by atoms with Gasteiger partial charge in [-0.1, -0.05) is 0 Å². The Labute approximate surface area is 146 Å². The van der Waals surface area contributed by atoms with Gasteiger partial charge in [0, 0.05) is 17.7 Å². The van der Waals surface area contributed by atoms with Crippen LogP contribution in [0.15, 0.2) is 16.6 Å². The summed E-state index contributed by atoms with van der Waals surface area (Å²) in [6.45, 7) is 3.67. The van der Waals surface area contributed by atoms with E-state index in [1.54, 1.807) is 13.8 Å². The van der Waals surface area contributed by atoms with Crippen molar-refractivity contribution in [2.45, 2.75) is 20.4 Å². The molecule has 0 bridgehead atoms. The topological polar surface area (TPSA) is 76.9 Å². The molecule has 0 fully saturated rings. The van der Waals surface area contributed by atoms with Gasteiger partial charge in [-0.05, 0) is 29.8 Å². The van der Waals surface area contributed by atoms with Crippen molar-refractivity contribution in [3.63, 3.8) is 0 Å². The van der Waals surface area contributed by atoms with E-state index in [4.69, 9.17) is 15.9 Å². The van der Waals surface area contributed by atoms with Gasteiger partial charge in [0.25, 0.3) is 0 Å². The lowest BCUT2D eigenvalue weighted by Crippen LogP contribution is -2.14. The third-order valence-corrected chi connectivity index (χ3v) is 4.07. The molecule has 5 nitrogen and oxygen atoms in total. The molecule has 0 spiro atoms. The molecule has 0 saturated carbocycles. The summed E-state index contributed by atoms with van der Waals surface area (Å²) >= 11 is 3.27. The van der Waals surface area contributed by atoms with Crippen molar-refractivity contribution in [3.05, 3.63) is 45.2 Å². The highest BCUT2D eigenvalue weighted by molar-refractivity contribution is 9.10. The summed E-state index contributed by atoms with van der Waals surface area (Å²) < 4.78 is 35.2. The summed E-state index contributed by atoms with van der Waals surface area (Å²) in [6.07, 6.45) is 0. The Kier molecular flexibility index (Phi) is 6.52. The first-order chi connectivity index (χ1) is 10.3. The molecule has 1 heterocycles. The molecule has 0 saturated heterocycles. The van der Waals surface area contributed by atoms with Crippen LogP contribution in [-0.4, -0.2) is 22.2 Å². The lowest BCUT2D eigenvalue weighted by molar-refractivity contribution is 0.335. The monoisotopic (exact) mass is 408 g/mol. The largest absolute Gasteiger partial charge is 0.494 e. The molecular formula is C14H16BrClF2N4O. The number of nitrogen functional groups attached to an aromatic ring is 1. The Balaban J connectivity index is 0.00000264. The Morgan fingerprint density at radius 1 is 1.39 bits per heavy atom. The summed E-state index contributed by atoms with van der Waals surface area (Å²) in [5.41, 5.74) is 6.15. The van der Waals surface area contributed by atoms with E-state index in [-0.39, 0.29) is 41.8 Å². The van der Waals surface area contributed by atoms with Crippen LogP contribution in [0, 0.1) is 24.0 Å². The van der Waals surface area contributed by atoms with Crippen molar-refractivity contribution in [1.29, 1.82) is 5.41 Å². The maximum absolute atomic E-state index is 14.1. The van der Waals surface area contributed by atoms with E-state index in [1.807, 2.05) is 0 Å². The third-order valence-electron chi connectivity index (χ3n) is 3.12. The molecule has 3 N–H and O–H groups in total. The predicted octanol–water partition coefficient (Wildman–Crippen LogP) is 3.39. The second-order valence-electron chi connectivity index (χ2n) is 4.62. The number of amidine groups is 1. The average Bonchev–Trinajstić information content (AvgIpc) is 2.71. The van der Waals surface area contributed by atoms with Crippen LogP contribution < -0.4 is 10.5 Å². The molecular weight excluding hydrogens is 394 g/mol. The number of aromatic nitrogens is 2. The third kappa shape index (κ3) is 4.00. The fourth-order valence-electron chi connectivity index (χ4n) is 1.98. The van der Waals surface area contributed by atoms with Crippen LogP contribution in [0.5, 0.6) is 5.75 Å². The van der Waals surface area contributed by atoms with Crippen molar-refractivity contribution in [2.75, 3.05) is 6.61 Å². The number of nitrogens with zero attached hydrogens (tertiary/aromatic N) is 2. The normalized spacial score (nSPS) is 10.3. The van der Waals surface area contributed by atoms with E-state index in [1.165, 1.54) is 4.68 Å². The van der Waals surface area contributed by atoms with Gasteiger partial charge in [0.1, 0.15) is 28.9 Å². The lowest BCUT2D eigenvalue weighted by atomic mass is 10.2. The van der Waals surface area contributed by atoms with Crippen LogP contribution >= 0.6 is 28.3 Å². The molecule has 126 valence electrons. The van der Waals surface area contributed by atoms with Gasteiger partial charge in [0.05, 0.1) is 23.3 Å². The number of rotatable bonds is 5. The zero-order valence-corrected chi connectivity index (χ0v) is 14.9. The first kappa shape index (κ1) is 19.4. The van der Waals surface area contributed by atoms with E-state index >= 15 is 0 Å². The van der Waals surface area contributed by atoms with E-state index in [2.05, 4.69) is 21.0 Å². The van der Waals surface area contributed by atoms with Crippen LogP contribution in [-0.2, 0) is 6.54 Å². The quantitative estimate of drug-likeness (QED) is 0.587. The van der Waals surface area contributed by atoms with Crippen molar-refractivity contribution in [2.24, 2.45) is 5.73 Å². The Hall–Kier alpha value is -1.67. The van der Waals surface area contributed by atoms with Gasteiger partial charge >= 0.3 is 0 Å². The van der Waals surface area contributed by atoms with Gasteiger partial charge in [0.15, 0.2) is 0 Å². The van der Waals surface area contributed by atoms with Crippen LogP contribution in [0.2, 0.25) is 0 Å². The summed E-state index contributed by atoms with van der Waals surface area (Å²) in [4.78, 5) is 0.